The SMILES string of the molecule is CCCNC(Cc1cnn(C)c1)C1(c2ccccc2)CC1. The fraction of sp³-hybridized carbons (Fsp3) is 0.500. The van der Waals surface area contributed by atoms with Crippen molar-refractivity contribution in [2.45, 2.75) is 44.1 Å². The molecule has 2 aromatic rings. The summed E-state index contributed by atoms with van der Waals surface area (Å²) in [6.45, 7) is 3.32. The van der Waals surface area contributed by atoms with Crippen molar-refractivity contribution in [3.63, 3.8) is 0 Å². The average molecular weight is 283 g/mol. The number of nitrogens with one attached hydrogen (secondary N) is 1. The van der Waals surface area contributed by atoms with Crippen molar-refractivity contribution in [3.05, 3.63) is 53.9 Å². The summed E-state index contributed by atoms with van der Waals surface area (Å²) in [5, 5.41) is 8.11. The zero-order valence-electron chi connectivity index (χ0n) is 13.0. The number of benzene rings is 1. The third-order valence-corrected chi connectivity index (χ3v) is 4.64. The number of aryl methyl sites for hydroxylation is 1. The van der Waals surface area contributed by atoms with Gasteiger partial charge in [0.2, 0.25) is 0 Å². The highest BCUT2D eigenvalue weighted by Crippen LogP contribution is 2.51. The van der Waals surface area contributed by atoms with Gasteiger partial charge in [-0.15, -0.1) is 0 Å². The third kappa shape index (κ3) is 3.03. The van der Waals surface area contributed by atoms with Crippen LogP contribution in [0.2, 0.25) is 0 Å². The molecular weight excluding hydrogens is 258 g/mol. The van der Waals surface area contributed by atoms with E-state index in [0.717, 1.165) is 13.0 Å². The predicted molar refractivity (Wildman–Crippen MR) is 86.3 cm³/mol. The van der Waals surface area contributed by atoms with Crippen molar-refractivity contribution in [2.75, 3.05) is 6.54 Å². The Hall–Kier alpha value is -1.61. The molecule has 0 saturated heterocycles. The van der Waals surface area contributed by atoms with Crippen LogP contribution in [0, 0.1) is 0 Å². The largest absolute Gasteiger partial charge is 0.313 e. The molecule has 112 valence electrons. The maximum absolute atomic E-state index is 4.31. The van der Waals surface area contributed by atoms with Crippen molar-refractivity contribution in [2.24, 2.45) is 7.05 Å². The van der Waals surface area contributed by atoms with Crippen LogP contribution in [0.4, 0.5) is 0 Å². The van der Waals surface area contributed by atoms with Crippen molar-refractivity contribution < 1.29 is 0 Å². The lowest BCUT2D eigenvalue weighted by molar-refractivity contribution is 0.412. The highest BCUT2D eigenvalue weighted by molar-refractivity contribution is 5.34. The Morgan fingerprint density at radius 2 is 2.05 bits per heavy atom. The summed E-state index contributed by atoms with van der Waals surface area (Å²) in [5.74, 6) is 0. The molecule has 1 N–H and O–H groups in total. The molecule has 1 unspecified atom stereocenters. The first-order valence-corrected chi connectivity index (χ1v) is 8.01. The van der Waals surface area contributed by atoms with Crippen molar-refractivity contribution in [3.8, 4) is 0 Å². The van der Waals surface area contributed by atoms with E-state index in [9.17, 15) is 0 Å². The Balaban J connectivity index is 1.82. The minimum Gasteiger partial charge on any atom is -0.313 e. The van der Waals surface area contributed by atoms with Gasteiger partial charge in [0.25, 0.3) is 0 Å². The highest BCUT2D eigenvalue weighted by Gasteiger charge is 2.50. The van der Waals surface area contributed by atoms with Gasteiger partial charge in [-0.05, 0) is 43.4 Å². The fourth-order valence-electron chi connectivity index (χ4n) is 3.34. The van der Waals surface area contributed by atoms with E-state index in [2.05, 4.69) is 53.9 Å². The second kappa shape index (κ2) is 6.02. The standard InChI is InChI=1S/C18H25N3/c1-3-11-19-17(12-15-13-20-21(2)14-15)18(9-10-18)16-7-5-4-6-8-16/h4-8,13-14,17,19H,3,9-12H2,1-2H3. The van der Waals surface area contributed by atoms with Gasteiger partial charge < -0.3 is 5.32 Å². The van der Waals surface area contributed by atoms with Gasteiger partial charge in [-0.1, -0.05) is 37.3 Å². The van der Waals surface area contributed by atoms with Gasteiger partial charge in [0.1, 0.15) is 0 Å². The Labute approximate surface area is 127 Å². The molecule has 0 spiro atoms. The van der Waals surface area contributed by atoms with Crippen LogP contribution in [0.3, 0.4) is 0 Å². The molecule has 3 nitrogen and oxygen atoms in total. The summed E-state index contributed by atoms with van der Waals surface area (Å²) < 4.78 is 1.90. The molecule has 1 aromatic carbocycles. The normalized spacial score (nSPS) is 17.6. The quantitative estimate of drug-likeness (QED) is 0.846. The highest BCUT2D eigenvalue weighted by atomic mass is 15.2. The molecule has 1 atom stereocenters. The monoisotopic (exact) mass is 283 g/mol. The molecule has 1 aliphatic rings. The first kappa shape index (κ1) is 14.3. The molecule has 1 aromatic heterocycles. The molecule has 0 radical (unpaired) electrons. The van der Waals surface area contributed by atoms with Crippen molar-refractivity contribution in [1.29, 1.82) is 0 Å². The lowest BCUT2D eigenvalue weighted by Gasteiger charge is -2.28. The molecule has 0 aliphatic heterocycles. The van der Waals surface area contributed by atoms with E-state index in [1.807, 2.05) is 17.9 Å². The van der Waals surface area contributed by atoms with Gasteiger partial charge in [0, 0.05) is 24.7 Å². The summed E-state index contributed by atoms with van der Waals surface area (Å²) in [4.78, 5) is 0. The van der Waals surface area contributed by atoms with Gasteiger partial charge in [0.15, 0.2) is 0 Å². The van der Waals surface area contributed by atoms with E-state index in [0.29, 0.717) is 11.5 Å². The third-order valence-electron chi connectivity index (χ3n) is 4.64. The number of nitrogens with zero attached hydrogens (tertiary/aromatic N) is 2. The maximum atomic E-state index is 4.31. The first-order chi connectivity index (χ1) is 10.2. The van der Waals surface area contributed by atoms with Crippen LogP contribution in [0.25, 0.3) is 0 Å². The Bertz CT molecular complexity index is 569. The van der Waals surface area contributed by atoms with Gasteiger partial charge in [0.05, 0.1) is 6.20 Å². The van der Waals surface area contributed by atoms with E-state index >= 15 is 0 Å². The van der Waals surface area contributed by atoms with Gasteiger partial charge in [-0.2, -0.15) is 5.10 Å². The summed E-state index contributed by atoms with van der Waals surface area (Å²) in [5.41, 5.74) is 3.14. The topological polar surface area (TPSA) is 29.9 Å². The minimum atomic E-state index is 0.326. The molecule has 1 saturated carbocycles. The molecule has 1 heterocycles. The number of rotatable bonds is 7. The van der Waals surface area contributed by atoms with Crippen molar-refractivity contribution >= 4 is 0 Å². The van der Waals surface area contributed by atoms with E-state index in [1.165, 1.54) is 30.4 Å². The minimum absolute atomic E-state index is 0.326. The van der Waals surface area contributed by atoms with Crippen LogP contribution < -0.4 is 5.32 Å². The summed E-state index contributed by atoms with van der Waals surface area (Å²) in [7, 11) is 1.99. The number of aromatic nitrogens is 2. The van der Waals surface area contributed by atoms with E-state index in [4.69, 9.17) is 0 Å². The molecule has 0 amide bonds. The van der Waals surface area contributed by atoms with Crippen LogP contribution in [0.1, 0.15) is 37.3 Å². The second-order valence-electron chi connectivity index (χ2n) is 6.26. The molecular formula is C18H25N3. The van der Waals surface area contributed by atoms with Crippen LogP contribution in [-0.4, -0.2) is 22.4 Å². The first-order valence-electron chi connectivity index (χ1n) is 8.01. The summed E-state index contributed by atoms with van der Waals surface area (Å²) >= 11 is 0. The molecule has 21 heavy (non-hydrogen) atoms. The van der Waals surface area contributed by atoms with Crippen molar-refractivity contribution in [1.82, 2.24) is 15.1 Å². The molecule has 1 fully saturated rings. The molecule has 0 bridgehead atoms. The zero-order chi connectivity index (χ0) is 14.7. The smallest absolute Gasteiger partial charge is 0.0522 e. The van der Waals surface area contributed by atoms with Gasteiger partial charge in [-0.25, -0.2) is 0 Å². The maximum Gasteiger partial charge on any atom is 0.0522 e. The summed E-state index contributed by atoms with van der Waals surface area (Å²) in [6, 6.07) is 11.5. The zero-order valence-corrected chi connectivity index (χ0v) is 13.0. The number of hydrogen-bond donors (Lipinski definition) is 1. The summed E-state index contributed by atoms with van der Waals surface area (Å²) in [6.07, 6.45) is 8.96. The van der Waals surface area contributed by atoms with E-state index < -0.39 is 0 Å². The second-order valence-corrected chi connectivity index (χ2v) is 6.26. The molecule has 3 rings (SSSR count). The lowest BCUT2D eigenvalue weighted by atomic mass is 9.85. The van der Waals surface area contributed by atoms with Crippen LogP contribution >= 0.6 is 0 Å². The molecule has 3 heteroatoms. The van der Waals surface area contributed by atoms with E-state index in [-0.39, 0.29) is 0 Å². The lowest BCUT2D eigenvalue weighted by Crippen LogP contribution is -2.42. The average Bonchev–Trinajstić information content (AvgIpc) is 3.22. The Morgan fingerprint density at radius 3 is 2.62 bits per heavy atom. The Kier molecular flexibility index (Phi) is 4.11. The van der Waals surface area contributed by atoms with Crippen LogP contribution in [0.15, 0.2) is 42.7 Å². The Morgan fingerprint density at radius 1 is 1.29 bits per heavy atom. The molecule has 1 aliphatic carbocycles. The fourth-order valence-corrected chi connectivity index (χ4v) is 3.34. The predicted octanol–water partition coefficient (Wildman–Crippen LogP) is 3.06. The van der Waals surface area contributed by atoms with Crippen LogP contribution in [-0.2, 0) is 18.9 Å². The van der Waals surface area contributed by atoms with E-state index in [1.54, 1.807) is 0 Å². The van der Waals surface area contributed by atoms with Gasteiger partial charge in [-0.3, -0.25) is 4.68 Å². The number of hydrogen-bond acceptors (Lipinski definition) is 2. The van der Waals surface area contributed by atoms with Gasteiger partial charge >= 0.3 is 0 Å². The van der Waals surface area contributed by atoms with Crippen LogP contribution in [0.5, 0.6) is 0 Å².